The first kappa shape index (κ1) is 30.3. The van der Waals surface area contributed by atoms with Gasteiger partial charge in [0.1, 0.15) is 0 Å². The third kappa shape index (κ3) is 4.91. The molecule has 1 fully saturated rings. The van der Waals surface area contributed by atoms with E-state index in [1.807, 2.05) is 73.7 Å². The number of aliphatic hydroxyl groups excluding tert-OH is 1. The van der Waals surface area contributed by atoms with Gasteiger partial charge in [0.25, 0.3) is 11.5 Å². The normalized spacial score (nSPS) is 22.8. The van der Waals surface area contributed by atoms with Crippen molar-refractivity contribution in [3.63, 3.8) is 0 Å². The summed E-state index contributed by atoms with van der Waals surface area (Å²) in [6.45, 7) is 6.03. The molecule has 1 spiro atoms. The summed E-state index contributed by atoms with van der Waals surface area (Å²) in [5, 5.41) is 21.3. The van der Waals surface area contributed by atoms with Crippen molar-refractivity contribution >= 4 is 30.9 Å². The molecular weight excluding hydrogens is 603 g/mol. The number of fused-ring (bicyclic) bond motifs is 3. The number of aromatic amines is 1. The first-order valence-electron chi connectivity index (χ1n) is 15.7. The molecule has 1 saturated heterocycles. The number of H-pyrrole nitrogens is 1. The van der Waals surface area contributed by atoms with Crippen LogP contribution in [0.1, 0.15) is 30.2 Å². The van der Waals surface area contributed by atoms with Crippen molar-refractivity contribution in [3.05, 3.63) is 106 Å². The van der Waals surface area contributed by atoms with E-state index in [2.05, 4.69) is 15.4 Å². The number of benzene rings is 3. The zero-order valence-electron chi connectivity index (χ0n) is 26.1. The molecule has 12 heteroatoms. The number of para-hydroxylation sites is 2. The maximum absolute atomic E-state index is 16.2. The number of aliphatic hydroxyl groups is 1. The molecule has 0 radical (unpaired) electrons. The molecule has 238 valence electrons. The van der Waals surface area contributed by atoms with Gasteiger partial charge in [-0.1, -0.05) is 54.6 Å². The molecule has 7 rings (SSSR count). The highest BCUT2D eigenvalue weighted by molar-refractivity contribution is 6.72. The van der Waals surface area contributed by atoms with Crippen LogP contribution in [0.4, 0.5) is 9.80 Å². The van der Waals surface area contributed by atoms with Crippen LogP contribution in [0.25, 0.3) is 16.6 Å². The Labute approximate surface area is 266 Å². The average molecular weight is 641 g/mol. The lowest BCUT2D eigenvalue weighted by Gasteiger charge is -2.31. The van der Waals surface area contributed by atoms with Gasteiger partial charge in [-0.2, -0.15) is 0 Å². The molecular formula is C34H37FN6O4Si. The lowest BCUT2D eigenvalue weighted by atomic mass is 9.82. The number of nitrogens with one attached hydrogen (secondary N) is 1. The van der Waals surface area contributed by atoms with E-state index in [4.69, 9.17) is 4.74 Å². The molecule has 2 aliphatic rings. The number of ether oxygens (including phenoxy) is 1. The maximum atomic E-state index is 16.2. The fourth-order valence-corrected chi connectivity index (χ4v) is 10.1. The van der Waals surface area contributed by atoms with E-state index >= 15 is 4.11 Å². The molecule has 2 aromatic heterocycles. The SMILES string of the molecule is C[C@@H]1[C@@H]([Si](C)(C)F)[C@H](CCn2cc(CCO)nn2)O[C@@]12C(=O)N(Cc1cccc(-n3[nH]c4ccccc4c3=O)c1)c1ccccc12. The van der Waals surface area contributed by atoms with Crippen LogP contribution < -0.4 is 10.5 Å². The summed E-state index contributed by atoms with van der Waals surface area (Å²) in [7, 11) is -3.31. The number of anilines is 1. The lowest BCUT2D eigenvalue weighted by molar-refractivity contribution is -0.146. The Kier molecular flexibility index (Phi) is 7.53. The Morgan fingerprint density at radius 3 is 2.63 bits per heavy atom. The average Bonchev–Trinajstić information content (AvgIpc) is 3.77. The van der Waals surface area contributed by atoms with E-state index in [0.717, 1.165) is 22.3 Å². The Morgan fingerprint density at radius 2 is 1.85 bits per heavy atom. The predicted molar refractivity (Wildman–Crippen MR) is 175 cm³/mol. The first-order valence-corrected chi connectivity index (χ1v) is 18.6. The highest BCUT2D eigenvalue weighted by Crippen LogP contribution is 2.60. The van der Waals surface area contributed by atoms with Crippen molar-refractivity contribution in [1.29, 1.82) is 0 Å². The van der Waals surface area contributed by atoms with Gasteiger partial charge >= 0.3 is 0 Å². The van der Waals surface area contributed by atoms with Crippen LogP contribution in [-0.2, 0) is 34.6 Å². The molecule has 1 amide bonds. The van der Waals surface area contributed by atoms with Crippen LogP contribution >= 0.6 is 0 Å². The van der Waals surface area contributed by atoms with Gasteiger partial charge in [-0.3, -0.25) is 19.4 Å². The second-order valence-electron chi connectivity index (χ2n) is 12.9. The van der Waals surface area contributed by atoms with E-state index in [1.54, 1.807) is 34.9 Å². The zero-order valence-corrected chi connectivity index (χ0v) is 27.1. The summed E-state index contributed by atoms with van der Waals surface area (Å²) >= 11 is 0. The minimum absolute atomic E-state index is 0.0158. The minimum atomic E-state index is -3.31. The van der Waals surface area contributed by atoms with E-state index in [-0.39, 0.29) is 24.6 Å². The van der Waals surface area contributed by atoms with Crippen molar-refractivity contribution in [2.75, 3.05) is 11.5 Å². The van der Waals surface area contributed by atoms with Gasteiger partial charge in [-0.25, -0.2) is 4.68 Å². The topological polar surface area (TPSA) is 118 Å². The van der Waals surface area contributed by atoms with Crippen LogP contribution in [0.15, 0.2) is 83.8 Å². The molecule has 0 bridgehead atoms. The fraction of sp³-hybridized carbons (Fsp3) is 0.353. The monoisotopic (exact) mass is 640 g/mol. The molecule has 4 heterocycles. The van der Waals surface area contributed by atoms with Gasteiger partial charge in [0.2, 0.25) is 8.41 Å². The van der Waals surface area contributed by atoms with Crippen molar-refractivity contribution in [3.8, 4) is 5.69 Å². The van der Waals surface area contributed by atoms with Crippen molar-refractivity contribution in [2.24, 2.45) is 5.92 Å². The Hall–Kier alpha value is -4.39. The van der Waals surface area contributed by atoms with E-state index < -0.39 is 31.6 Å². The Morgan fingerprint density at radius 1 is 1.07 bits per heavy atom. The third-order valence-corrected chi connectivity index (χ3v) is 12.0. The van der Waals surface area contributed by atoms with Gasteiger partial charge in [0.15, 0.2) is 5.60 Å². The van der Waals surface area contributed by atoms with Crippen LogP contribution in [0.5, 0.6) is 0 Å². The van der Waals surface area contributed by atoms with Gasteiger partial charge < -0.3 is 18.9 Å². The molecule has 2 aliphatic heterocycles. The van der Waals surface area contributed by atoms with E-state index in [0.29, 0.717) is 36.2 Å². The molecule has 0 unspecified atom stereocenters. The van der Waals surface area contributed by atoms with Gasteiger partial charge in [0, 0.05) is 42.8 Å². The third-order valence-electron chi connectivity index (χ3n) is 9.57. The molecule has 2 N–H and O–H groups in total. The Balaban J connectivity index is 1.21. The smallest absolute Gasteiger partial charge is 0.279 e. The standard InChI is InChI=1S/C34H37FN6O4Si/c1-22-31(46(2,3)35)30(15-17-39-21-24(16-18-42)36-38-39)45-34(22)27-12-5-7-14-29(27)40(33(34)44)20-23-9-8-10-25(19-23)41-32(43)26-11-4-6-13-28(26)37-41/h4-14,19,21-22,30-31,37,42H,15-18,20H2,1-3H3/t22-,30+,31-,34+/m1/s1. The zero-order chi connectivity index (χ0) is 32.2. The number of carbonyl (C=O) groups excluding carboxylic acids is 1. The number of rotatable bonds is 9. The number of nitrogens with zero attached hydrogens (tertiary/aromatic N) is 5. The minimum Gasteiger partial charge on any atom is -0.396 e. The number of halogens is 1. The molecule has 0 saturated carbocycles. The highest BCUT2D eigenvalue weighted by atomic mass is 28.4. The highest BCUT2D eigenvalue weighted by Gasteiger charge is 2.66. The summed E-state index contributed by atoms with van der Waals surface area (Å²) in [6.07, 6.45) is 2.17. The summed E-state index contributed by atoms with van der Waals surface area (Å²) < 4.78 is 26.2. The molecule has 3 aromatic carbocycles. The quantitative estimate of drug-likeness (QED) is 0.176. The summed E-state index contributed by atoms with van der Waals surface area (Å²) in [6, 6.07) is 22.6. The maximum Gasteiger partial charge on any atom is 0.279 e. The predicted octanol–water partition coefficient (Wildman–Crippen LogP) is 4.86. The number of hydrogen-bond donors (Lipinski definition) is 2. The number of amides is 1. The molecule has 5 aromatic rings. The van der Waals surface area contributed by atoms with Gasteiger partial charge in [0.05, 0.1) is 40.6 Å². The second kappa shape index (κ2) is 11.4. The van der Waals surface area contributed by atoms with Crippen molar-refractivity contribution < 1.29 is 18.7 Å². The largest absolute Gasteiger partial charge is 0.396 e. The van der Waals surface area contributed by atoms with Gasteiger partial charge in [-0.15, -0.1) is 5.10 Å². The molecule has 0 aliphatic carbocycles. The molecule has 10 nitrogen and oxygen atoms in total. The summed E-state index contributed by atoms with van der Waals surface area (Å²) in [5.41, 5.74) is 2.54. The number of carbonyl (C=O) groups is 1. The van der Waals surface area contributed by atoms with Crippen LogP contribution in [-0.4, -0.2) is 56.9 Å². The first-order chi connectivity index (χ1) is 22.1. The second-order valence-corrected chi connectivity index (χ2v) is 16.7. The lowest BCUT2D eigenvalue weighted by Crippen LogP contribution is -2.45. The number of aryl methyl sites for hydroxylation is 1. The molecule has 46 heavy (non-hydrogen) atoms. The van der Waals surface area contributed by atoms with Crippen molar-refractivity contribution in [2.45, 2.75) is 63.2 Å². The van der Waals surface area contributed by atoms with E-state index in [1.165, 1.54) is 4.68 Å². The van der Waals surface area contributed by atoms with Gasteiger partial charge in [-0.05, 0) is 55.4 Å². The number of hydrogen-bond acceptors (Lipinski definition) is 6. The van der Waals surface area contributed by atoms with Crippen LogP contribution in [0.3, 0.4) is 0 Å². The van der Waals surface area contributed by atoms with E-state index in [9.17, 15) is 14.7 Å². The Bertz CT molecular complexity index is 1980. The number of aromatic nitrogens is 5. The summed E-state index contributed by atoms with van der Waals surface area (Å²) in [4.78, 5) is 29.5. The summed E-state index contributed by atoms with van der Waals surface area (Å²) in [5.74, 6) is -0.606. The van der Waals surface area contributed by atoms with Crippen LogP contribution in [0.2, 0.25) is 18.6 Å². The van der Waals surface area contributed by atoms with Crippen LogP contribution in [0, 0.1) is 5.92 Å². The van der Waals surface area contributed by atoms with Crippen molar-refractivity contribution in [1.82, 2.24) is 24.8 Å². The fourth-order valence-electron chi connectivity index (χ4n) is 7.58. The molecule has 4 atom stereocenters.